The average molecular weight is 345 g/mol. The second-order valence-electron chi connectivity index (χ2n) is 5.71. The standard InChI is InChI=1S/C17H25FN2O2.ClH/c18-15-7-5-6-14(12-15)16-13-20(10-11-22-16)17(21)8-3-1-2-4-9-19;/h5-7,12,16H,1-4,8-11,13,19H2;1H. The van der Waals surface area contributed by atoms with Gasteiger partial charge < -0.3 is 15.4 Å². The summed E-state index contributed by atoms with van der Waals surface area (Å²) in [5.41, 5.74) is 6.24. The lowest BCUT2D eigenvalue weighted by molar-refractivity contribution is -0.139. The van der Waals surface area contributed by atoms with Crippen molar-refractivity contribution in [3.8, 4) is 0 Å². The minimum absolute atomic E-state index is 0. The Kier molecular flexibility index (Phi) is 9.14. The number of carbonyl (C=O) groups excluding carboxylic acids is 1. The number of rotatable bonds is 7. The van der Waals surface area contributed by atoms with Crippen molar-refractivity contribution in [2.45, 2.75) is 38.2 Å². The van der Waals surface area contributed by atoms with Gasteiger partial charge in [-0.25, -0.2) is 4.39 Å². The van der Waals surface area contributed by atoms with Crippen LogP contribution in [0.2, 0.25) is 0 Å². The highest BCUT2D eigenvalue weighted by Gasteiger charge is 2.25. The van der Waals surface area contributed by atoms with Gasteiger partial charge >= 0.3 is 0 Å². The predicted octanol–water partition coefficient (Wildman–Crippen LogP) is 3.06. The van der Waals surface area contributed by atoms with Gasteiger partial charge in [-0.05, 0) is 37.1 Å². The lowest BCUT2D eigenvalue weighted by Gasteiger charge is -2.33. The normalized spacial score (nSPS) is 17.7. The van der Waals surface area contributed by atoms with Crippen molar-refractivity contribution in [3.63, 3.8) is 0 Å². The number of ether oxygens (including phenoxy) is 1. The number of benzene rings is 1. The molecule has 0 aromatic heterocycles. The number of nitrogens with two attached hydrogens (primary N) is 1. The molecule has 1 aliphatic heterocycles. The molecule has 2 rings (SSSR count). The van der Waals surface area contributed by atoms with Crippen molar-refractivity contribution in [1.29, 1.82) is 0 Å². The topological polar surface area (TPSA) is 55.6 Å². The number of carbonyl (C=O) groups is 1. The lowest BCUT2D eigenvalue weighted by Crippen LogP contribution is -2.42. The zero-order valence-electron chi connectivity index (χ0n) is 13.4. The number of unbranched alkanes of at least 4 members (excludes halogenated alkanes) is 3. The van der Waals surface area contributed by atoms with Gasteiger partial charge in [0.15, 0.2) is 0 Å². The maximum absolute atomic E-state index is 13.3. The highest BCUT2D eigenvalue weighted by atomic mass is 35.5. The van der Waals surface area contributed by atoms with Gasteiger partial charge in [-0.1, -0.05) is 25.0 Å². The van der Waals surface area contributed by atoms with Crippen LogP contribution in [0.5, 0.6) is 0 Å². The van der Waals surface area contributed by atoms with Gasteiger partial charge in [0.1, 0.15) is 11.9 Å². The first-order valence-corrected chi connectivity index (χ1v) is 8.05. The predicted molar refractivity (Wildman–Crippen MR) is 91.1 cm³/mol. The number of nitrogens with zero attached hydrogens (tertiary/aromatic N) is 1. The lowest BCUT2D eigenvalue weighted by atomic mass is 10.1. The van der Waals surface area contributed by atoms with Gasteiger partial charge in [-0.2, -0.15) is 0 Å². The van der Waals surface area contributed by atoms with E-state index in [2.05, 4.69) is 0 Å². The van der Waals surface area contributed by atoms with Gasteiger partial charge in [0.05, 0.1) is 13.2 Å². The van der Waals surface area contributed by atoms with Crippen LogP contribution in [0.25, 0.3) is 0 Å². The molecule has 1 heterocycles. The van der Waals surface area contributed by atoms with Gasteiger partial charge in [0.25, 0.3) is 0 Å². The monoisotopic (exact) mass is 344 g/mol. The van der Waals surface area contributed by atoms with Crippen LogP contribution >= 0.6 is 12.4 Å². The number of halogens is 2. The minimum Gasteiger partial charge on any atom is -0.370 e. The van der Waals surface area contributed by atoms with Gasteiger partial charge in [-0.3, -0.25) is 4.79 Å². The molecule has 1 amide bonds. The molecule has 1 aliphatic rings. The Morgan fingerprint density at radius 2 is 2.09 bits per heavy atom. The fraction of sp³-hybridized carbons (Fsp3) is 0.588. The molecule has 1 aromatic carbocycles. The van der Waals surface area contributed by atoms with Crippen molar-refractivity contribution in [2.75, 3.05) is 26.2 Å². The molecule has 6 heteroatoms. The number of morpholine rings is 1. The minimum atomic E-state index is -0.274. The molecule has 23 heavy (non-hydrogen) atoms. The van der Waals surface area contributed by atoms with Crippen molar-refractivity contribution in [2.24, 2.45) is 5.73 Å². The maximum Gasteiger partial charge on any atom is 0.222 e. The zero-order valence-corrected chi connectivity index (χ0v) is 14.2. The van der Waals surface area contributed by atoms with E-state index in [0.717, 1.165) is 31.2 Å². The van der Waals surface area contributed by atoms with E-state index in [1.54, 1.807) is 6.07 Å². The Morgan fingerprint density at radius 3 is 2.83 bits per heavy atom. The van der Waals surface area contributed by atoms with E-state index < -0.39 is 0 Å². The van der Waals surface area contributed by atoms with Crippen LogP contribution in [0.1, 0.15) is 43.8 Å². The molecule has 1 unspecified atom stereocenters. The summed E-state index contributed by atoms with van der Waals surface area (Å²) in [6, 6.07) is 6.41. The fourth-order valence-electron chi connectivity index (χ4n) is 2.72. The van der Waals surface area contributed by atoms with E-state index in [1.165, 1.54) is 12.1 Å². The van der Waals surface area contributed by atoms with Gasteiger partial charge in [-0.15, -0.1) is 12.4 Å². The summed E-state index contributed by atoms with van der Waals surface area (Å²) in [7, 11) is 0. The Labute approximate surface area is 143 Å². The van der Waals surface area contributed by atoms with E-state index in [0.29, 0.717) is 32.7 Å². The maximum atomic E-state index is 13.3. The molecule has 0 saturated carbocycles. The SMILES string of the molecule is Cl.NCCCCCCC(=O)N1CCOC(c2cccc(F)c2)C1. The number of hydrogen-bond acceptors (Lipinski definition) is 3. The molecule has 0 spiro atoms. The van der Waals surface area contributed by atoms with Crippen LogP contribution in [0.15, 0.2) is 24.3 Å². The second-order valence-corrected chi connectivity index (χ2v) is 5.71. The average Bonchev–Trinajstić information content (AvgIpc) is 2.54. The molecule has 0 aliphatic carbocycles. The number of amides is 1. The van der Waals surface area contributed by atoms with E-state index in [4.69, 9.17) is 10.5 Å². The van der Waals surface area contributed by atoms with Crippen molar-refractivity contribution in [3.05, 3.63) is 35.6 Å². The highest BCUT2D eigenvalue weighted by Crippen LogP contribution is 2.23. The first-order valence-electron chi connectivity index (χ1n) is 8.05. The third-order valence-corrected chi connectivity index (χ3v) is 3.98. The molecule has 130 valence electrons. The van der Waals surface area contributed by atoms with Crippen LogP contribution in [0.4, 0.5) is 4.39 Å². The van der Waals surface area contributed by atoms with Gasteiger partial charge in [0, 0.05) is 13.0 Å². The summed E-state index contributed by atoms with van der Waals surface area (Å²) in [6.07, 6.45) is 4.39. The quantitative estimate of drug-likeness (QED) is 0.773. The third kappa shape index (κ3) is 6.45. The zero-order chi connectivity index (χ0) is 15.8. The first-order chi connectivity index (χ1) is 10.7. The fourth-order valence-corrected chi connectivity index (χ4v) is 2.72. The van der Waals surface area contributed by atoms with Crippen LogP contribution < -0.4 is 5.73 Å². The summed E-state index contributed by atoms with van der Waals surface area (Å²) in [6.45, 7) is 2.34. The summed E-state index contributed by atoms with van der Waals surface area (Å²) in [5.74, 6) is -0.109. The highest BCUT2D eigenvalue weighted by molar-refractivity contribution is 5.85. The van der Waals surface area contributed by atoms with Crippen molar-refractivity contribution in [1.82, 2.24) is 4.90 Å². The Balaban J connectivity index is 0.00000264. The summed E-state index contributed by atoms with van der Waals surface area (Å²) in [4.78, 5) is 14.1. The molecule has 1 aromatic rings. The molecule has 1 atom stereocenters. The smallest absolute Gasteiger partial charge is 0.222 e. The number of hydrogen-bond donors (Lipinski definition) is 1. The molecule has 1 fully saturated rings. The van der Waals surface area contributed by atoms with E-state index in [1.807, 2.05) is 11.0 Å². The van der Waals surface area contributed by atoms with Crippen LogP contribution in [-0.4, -0.2) is 37.0 Å². The van der Waals surface area contributed by atoms with E-state index >= 15 is 0 Å². The van der Waals surface area contributed by atoms with Crippen LogP contribution in [-0.2, 0) is 9.53 Å². The van der Waals surface area contributed by atoms with Crippen molar-refractivity contribution < 1.29 is 13.9 Å². The Morgan fingerprint density at radius 1 is 1.30 bits per heavy atom. The Bertz CT molecular complexity index is 487. The van der Waals surface area contributed by atoms with Crippen LogP contribution in [0.3, 0.4) is 0 Å². The largest absolute Gasteiger partial charge is 0.370 e. The molecule has 0 radical (unpaired) electrons. The van der Waals surface area contributed by atoms with E-state index in [-0.39, 0.29) is 30.2 Å². The van der Waals surface area contributed by atoms with Crippen LogP contribution in [0, 0.1) is 5.82 Å². The first kappa shape index (κ1) is 19.9. The second kappa shape index (κ2) is 10.6. The Hall–Kier alpha value is -1.17. The third-order valence-electron chi connectivity index (χ3n) is 3.98. The molecular formula is C17H26ClFN2O2. The van der Waals surface area contributed by atoms with E-state index in [9.17, 15) is 9.18 Å². The summed E-state index contributed by atoms with van der Waals surface area (Å²) in [5, 5.41) is 0. The molecular weight excluding hydrogens is 319 g/mol. The summed E-state index contributed by atoms with van der Waals surface area (Å²) >= 11 is 0. The summed E-state index contributed by atoms with van der Waals surface area (Å²) < 4.78 is 19.0. The molecule has 0 bridgehead atoms. The molecule has 1 saturated heterocycles. The molecule has 2 N–H and O–H groups in total. The molecule has 4 nitrogen and oxygen atoms in total. The van der Waals surface area contributed by atoms with Gasteiger partial charge in [0.2, 0.25) is 5.91 Å². The van der Waals surface area contributed by atoms with Crippen molar-refractivity contribution >= 4 is 18.3 Å².